The number of piperidine rings is 1. The molecule has 0 atom stereocenters. The van der Waals surface area contributed by atoms with Gasteiger partial charge in [0.2, 0.25) is 0 Å². The predicted molar refractivity (Wildman–Crippen MR) is 121 cm³/mol. The van der Waals surface area contributed by atoms with Gasteiger partial charge in [-0.2, -0.15) is 0 Å². The lowest BCUT2D eigenvalue weighted by atomic mass is 9.98. The third-order valence-electron chi connectivity index (χ3n) is 5.68. The van der Waals surface area contributed by atoms with Gasteiger partial charge < -0.3 is 21.3 Å². The van der Waals surface area contributed by atoms with E-state index in [-0.39, 0.29) is 0 Å². The van der Waals surface area contributed by atoms with Crippen molar-refractivity contribution in [1.82, 2.24) is 20.4 Å². The van der Waals surface area contributed by atoms with Crippen molar-refractivity contribution < 1.29 is 9.59 Å². The van der Waals surface area contributed by atoms with E-state index in [9.17, 15) is 9.59 Å². The van der Waals surface area contributed by atoms with Gasteiger partial charge in [0.05, 0.1) is 0 Å². The van der Waals surface area contributed by atoms with Crippen molar-refractivity contribution in [3.63, 3.8) is 0 Å². The molecule has 0 radical (unpaired) electrons. The maximum atomic E-state index is 12.1. The molecular formula is C23H39N5O2. The molecule has 7 nitrogen and oxygen atoms in total. The van der Waals surface area contributed by atoms with Crippen LogP contribution in [-0.4, -0.2) is 67.9 Å². The highest BCUT2D eigenvalue weighted by Gasteiger charge is 2.16. The molecular weight excluding hydrogens is 378 g/mol. The lowest BCUT2D eigenvalue weighted by Gasteiger charge is -2.30. The predicted octanol–water partition coefficient (Wildman–Crippen LogP) is 1.32. The topological polar surface area (TPSA) is 90.7 Å². The highest BCUT2D eigenvalue weighted by Crippen LogP contribution is 2.18. The lowest BCUT2D eigenvalue weighted by molar-refractivity contribution is -0.139. The van der Waals surface area contributed by atoms with Gasteiger partial charge in [0.15, 0.2) is 0 Å². The maximum absolute atomic E-state index is 12.1. The molecule has 1 aromatic carbocycles. The number of hydrogen-bond acceptors (Lipinski definition) is 5. The molecule has 30 heavy (non-hydrogen) atoms. The maximum Gasteiger partial charge on any atom is 0.309 e. The van der Waals surface area contributed by atoms with Crippen molar-refractivity contribution >= 4 is 11.8 Å². The van der Waals surface area contributed by atoms with E-state index in [2.05, 4.69) is 39.5 Å². The van der Waals surface area contributed by atoms with Gasteiger partial charge in [0.25, 0.3) is 0 Å². The number of amides is 2. The molecule has 4 N–H and O–H groups in total. The molecule has 1 aliphatic heterocycles. The fourth-order valence-electron chi connectivity index (χ4n) is 3.68. The van der Waals surface area contributed by atoms with Gasteiger partial charge >= 0.3 is 11.8 Å². The second kappa shape index (κ2) is 13.4. The zero-order valence-electron chi connectivity index (χ0n) is 18.7. The molecule has 0 spiro atoms. The first-order chi connectivity index (χ1) is 14.5. The Morgan fingerprint density at radius 2 is 1.77 bits per heavy atom. The quantitative estimate of drug-likeness (QED) is 0.373. The molecule has 7 heteroatoms. The normalized spacial score (nSPS) is 15.3. The molecule has 168 valence electrons. The molecule has 2 amide bonds. The summed E-state index contributed by atoms with van der Waals surface area (Å²) in [5.41, 5.74) is 7.76. The Bertz CT molecular complexity index is 659. The van der Waals surface area contributed by atoms with E-state index >= 15 is 0 Å². The van der Waals surface area contributed by atoms with Crippen LogP contribution in [0, 0.1) is 5.92 Å². The minimum atomic E-state index is -0.582. The Hall–Kier alpha value is -1.96. The first-order valence-corrected chi connectivity index (χ1v) is 11.2. The average molecular weight is 418 g/mol. The summed E-state index contributed by atoms with van der Waals surface area (Å²) in [7, 11) is 2.03. The molecule has 0 unspecified atom stereocenters. The van der Waals surface area contributed by atoms with Crippen LogP contribution in [0.3, 0.4) is 0 Å². The Balaban J connectivity index is 1.66. The summed E-state index contributed by atoms with van der Waals surface area (Å²) in [4.78, 5) is 28.7. The second-order valence-electron chi connectivity index (χ2n) is 8.52. The van der Waals surface area contributed by atoms with Crippen LogP contribution in [0.2, 0.25) is 0 Å². The molecule has 1 heterocycles. The van der Waals surface area contributed by atoms with Gasteiger partial charge in [-0.15, -0.1) is 0 Å². The van der Waals surface area contributed by atoms with E-state index in [4.69, 9.17) is 5.73 Å². The number of nitrogens with one attached hydrogen (secondary N) is 2. The summed E-state index contributed by atoms with van der Waals surface area (Å²) < 4.78 is 0. The van der Waals surface area contributed by atoms with Crippen LogP contribution >= 0.6 is 0 Å². The zero-order valence-corrected chi connectivity index (χ0v) is 18.7. The van der Waals surface area contributed by atoms with Crippen LogP contribution in [0.15, 0.2) is 24.3 Å². The number of nitrogens with zero attached hydrogens (tertiary/aromatic N) is 2. The molecule has 0 aromatic heterocycles. The Morgan fingerprint density at radius 3 is 2.50 bits per heavy atom. The van der Waals surface area contributed by atoms with E-state index in [0.29, 0.717) is 19.6 Å². The molecule has 0 bridgehead atoms. The number of rotatable bonds is 11. The van der Waals surface area contributed by atoms with Crippen LogP contribution in [0.4, 0.5) is 0 Å². The third kappa shape index (κ3) is 9.24. The largest absolute Gasteiger partial charge is 0.348 e. The zero-order chi connectivity index (χ0) is 21.8. The van der Waals surface area contributed by atoms with Gasteiger partial charge in [0.1, 0.15) is 0 Å². The molecule has 1 saturated heterocycles. The monoisotopic (exact) mass is 417 g/mol. The Kier molecular flexibility index (Phi) is 10.8. The summed E-state index contributed by atoms with van der Waals surface area (Å²) in [6, 6.07) is 8.25. The fourth-order valence-corrected chi connectivity index (χ4v) is 3.68. The van der Waals surface area contributed by atoms with Crippen molar-refractivity contribution in [2.24, 2.45) is 11.7 Å². The van der Waals surface area contributed by atoms with Crippen LogP contribution < -0.4 is 16.4 Å². The second-order valence-corrected chi connectivity index (χ2v) is 8.52. The summed E-state index contributed by atoms with van der Waals surface area (Å²) in [6.45, 7) is 8.89. The standard InChI is InChI=1S/C23H39N5O2/c1-19-8-14-28(15-9-19)18-21-7-3-6-20(16-21)17-26-23(30)22(29)25-11-5-13-27(2)12-4-10-24/h3,6-7,16,19H,4-5,8-15,17-18,24H2,1-2H3,(H,25,29)(H,26,30). The van der Waals surface area contributed by atoms with Gasteiger partial charge in [-0.1, -0.05) is 31.2 Å². The van der Waals surface area contributed by atoms with Crippen LogP contribution in [-0.2, 0) is 22.7 Å². The van der Waals surface area contributed by atoms with E-state index in [1.165, 1.54) is 18.4 Å². The number of benzene rings is 1. The van der Waals surface area contributed by atoms with Crippen LogP contribution in [0.25, 0.3) is 0 Å². The first-order valence-electron chi connectivity index (χ1n) is 11.2. The van der Waals surface area contributed by atoms with E-state index in [1.54, 1.807) is 0 Å². The smallest absolute Gasteiger partial charge is 0.309 e. The number of carbonyl (C=O) groups is 2. The van der Waals surface area contributed by atoms with E-state index < -0.39 is 11.8 Å². The van der Waals surface area contributed by atoms with Crippen molar-refractivity contribution in [2.75, 3.05) is 46.3 Å². The molecule has 1 aromatic rings. The summed E-state index contributed by atoms with van der Waals surface area (Å²) in [6.07, 6.45) is 4.28. The molecule has 1 fully saturated rings. The van der Waals surface area contributed by atoms with Crippen molar-refractivity contribution in [1.29, 1.82) is 0 Å². The van der Waals surface area contributed by atoms with Crippen LogP contribution in [0.1, 0.15) is 43.7 Å². The minimum absolute atomic E-state index is 0.360. The van der Waals surface area contributed by atoms with Gasteiger partial charge in [-0.25, -0.2) is 0 Å². The molecule has 0 saturated carbocycles. The average Bonchev–Trinajstić information content (AvgIpc) is 2.75. The van der Waals surface area contributed by atoms with Crippen molar-refractivity contribution in [2.45, 2.75) is 45.7 Å². The SMILES string of the molecule is CC1CCN(Cc2cccc(CNC(=O)C(=O)NCCCN(C)CCCN)c2)CC1. The Labute approximate surface area is 181 Å². The Morgan fingerprint density at radius 1 is 1.10 bits per heavy atom. The summed E-state index contributed by atoms with van der Waals surface area (Å²) >= 11 is 0. The number of likely N-dealkylation sites (tertiary alicyclic amines) is 1. The molecule has 2 rings (SSSR count). The van der Waals surface area contributed by atoms with Crippen LogP contribution in [0.5, 0.6) is 0 Å². The van der Waals surface area contributed by atoms with E-state index in [0.717, 1.165) is 57.0 Å². The highest BCUT2D eigenvalue weighted by atomic mass is 16.2. The number of nitrogens with two attached hydrogens (primary N) is 1. The summed E-state index contributed by atoms with van der Waals surface area (Å²) in [5, 5.41) is 5.41. The minimum Gasteiger partial charge on any atom is -0.348 e. The van der Waals surface area contributed by atoms with Crippen molar-refractivity contribution in [3.05, 3.63) is 35.4 Å². The van der Waals surface area contributed by atoms with Gasteiger partial charge in [-0.3, -0.25) is 14.5 Å². The number of carbonyl (C=O) groups excluding carboxylic acids is 2. The fraction of sp³-hybridized carbons (Fsp3) is 0.652. The summed E-state index contributed by atoms with van der Waals surface area (Å²) in [5.74, 6) is -0.328. The number of hydrogen-bond donors (Lipinski definition) is 3. The first kappa shape index (κ1) is 24.3. The van der Waals surface area contributed by atoms with E-state index in [1.807, 2.05) is 19.2 Å². The highest BCUT2D eigenvalue weighted by molar-refractivity contribution is 6.35. The van der Waals surface area contributed by atoms with Gasteiger partial charge in [-0.05, 0) is 82.5 Å². The third-order valence-corrected chi connectivity index (χ3v) is 5.68. The molecule has 0 aliphatic carbocycles. The molecule has 1 aliphatic rings. The lowest BCUT2D eigenvalue weighted by Crippen LogP contribution is -2.40. The van der Waals surface area contributed by atoms with Gasteiger partial charge in [0, 0.05) is 19.6 Å². The van der Waals surface area contributed by atoms with Crippen molar-refractivity contribution in [3.8, 4) is 0 Å².